The van der Waals surface area contributed by atoms with Gasteiger partial charge in [0.05, 0.1) is 17.2 Å². The Morgan fingerprint density at radius 3 is 2.50 bits per heavy atom. The lowest BCUT2D eigenvalue weighted by molar-refractivity contribution is 0.981. The summed E-state index contributed by atoms with van der Waals surface area (Å²) in [6, 6.07) is 0. The summed E-state index contributed by atoms with van der Waals surface area (Å²) >= 11 is 1.64. The van der Waals surface area contributed by atoms with Crippen molar-refractivity contribution in [1.29, 1.82) is 0 Å². The predicted octanol–water partition coefficient (Wildman–Crippen LogP) is 1.76. The zero-order chi connectivity index (χ0) is 13.1. The number of hydrogen-bond acceptors (Lipinski definition) is 7. The van der Waals surface area contributed by atoms with Crippen LogP contribution in [0.4, 0.5) is 11.6 Å². The molecular weight excluding hydrogens is 248 g/mol. The molecule has 0 bridgehead atoms. The summed E-state index contributed by atoms with van der Waals surface area (Å²) in [7, 11) is 0. The van der Waals surface area contributed by atoms with Crippen LogP contribution in [0.5, 0.6) is 0 Å². The zero-order valence-corrected chi connectivity index (χ0v) is 11.4. The van der Waals surface area contributed by atoms with Crippen molar-refractivity contribution in [2.75, 3.05) is 10.7 Å². The quantitative estimate of drug-likeness (QED) is 0.576. The highest BCUT2D eigenvalue weighted by Gasteiger charge is 2.08. The summed E-state index contributed by atoms with van der Waals surface area (Å²) in [4.78, 5) is 13.0. The van der Waals surface area contributed by atoms with Gasteiger partial charge in [0.1, 0.15) is 17.5 Å². The number of aryl methyl sites for hydroxylation is 2. The Morgan fingerprint density at radius 1 is 1.17 bits per heavy atom. The number of hydrogen-bond donors (Lipinski definition) is 3. The van der Waals surface area contributed by atoms with Crippen LogP contribution in [0.2, 0.25) is 0 Å². The van der Waals surface area contributed by atoms with Gasteiger partial charge >= 0.3 is 0 Å². The number of rotatable bonds is 4. The SMILES string of the molecule is Cc1nc(NN)c(C)c(NCc2csc(C)n2)n1. The fourth-order valence-corrected chi connectivity index (χ4v) is 2.22. The Bertz CT molecular complexity index is 550. The molecule has 0 unspecified atom stereocenters. The summed E-state index contributed by atoms with van der Waals surface area (Å²) in [6.07, 6.45) is 0. The summed E-state index contributed by atoms with van der Waals surface area (Å²) in [5.74, 6) is 7.51. The maximum Gasteiger partial charge on any atom is 0.148 e. The van der Waals surface area contributed by atoms with Crippen LogP contribution in [0.3, 0.4) is 0 Å². The number of nitrogens with one attached hydrogen (secondary N) is 2. The molecule has 7 heteroatoms. The first-order chi connectivity index (χ1) is 8.60. The smallest absolute Gasteiger partial charge is 0.148 e. The second-order valence-corrected chi connectivity index (χ2v) is 5.01. The first-order valence-electron chi connectivity index (χ1n) is 5.57. The van der Waals surface area contributed by atoms with Crippen molar-refractivity contribution >= 4 is 23.0 Å². The molecule has 0 aliphatic rings. The van der Waals surface area contributed by atoms with Gasteiger partial charge in [-0.1, -0.05) is 0 Å². The number of nitrogen functional groups attached to an aromatic ring is 1. The van der Waals surface area contributed by atoms with Crippen molar-refractivity contribution in [3.05, 3.63) is 27.5 Å². The van der Waals surface area contributed by atoms with E-state index >= 15 is 0 Å². The topological polar surface area (TPSA) is 88.8 Å². The van der Waals surface area contributed by atoms with E-state index < -0.39 is 0 Å². The molecule has 0 spiro atoms. The van der Waals surface area contributed by atoms with Crippen LogP contribution < -0.4 is 16.6 Å². The molecule has 2 aromatic rings. The van der Waals surface area contributed by atoms with Crippen LogP contribution in [0.15, 0.2) is 5.38 Å². The maximum atomic E-state index is 5.42. The molecule has 96 valence electrons. The molecule has 0 atom stereocenters. The van der Waals surface area contributed by atoms with E-state index in [1.165, 1.54) is 0 Å². The normalized spacial score (nSPS) is 10.4. The van der Waals surface area contributed by atoms with Gasteiger partial charge < -0.3 is 10.7 Å². The minimum atomic E-state index is 0.638. The minimum Gasteiger partial charge on any atom is -0.364 e. The van der Waals surface area contributed by atoms with Gasteiger partial charge in [0.15, 0.2) is 0 Å². The Labute approximate surface area is 110 Å². The van der Waals surface area contributed by atoms with Crippen LogP contribution in [0, 0.1) is 20.8 Å². The molecule has 0 radical (unpaired) electrons. The van der Waals surface area contributed by atoms with Gasteiger partial charge in [0.2, 0.25) is 0 Å². The molecule has 18 heavy (non-hydrogen) atoms. The van der Waals surface area contributed by atoms with Gasteiger partial charge in [-0.3, -0.25) is 0 Å². The first kappa shape index (κ1) is 12.7. The number of hydrazine groups is 1. The molecule has 2 aromatic heterocycles. The van der Waals surface area contributed by atoms with E-state index in [0.717, 1.165) is 22.1 Å². The van der Waals surface area contributed by atoms with Gasteiger partial charge in [-0.15, -0.1) is 11.3 Å². The van der Waals surface area contributed by atoms with Crippen LogP contribution in [0.1, 0.15) is 22.1 Å². The number of thiazole rings is 1. The van der Waals surface area contributed by atoms with Gasteiger partial charge in [-0.2, -0.15) is 0 Å². The molecule has 6 nitrogen and oxygen atoms in total. The monoisotopic (exact) mass is 264 g/mol. The molecule has 0 fully saturated rings. The van der Waals surface area contributed by atoms with Gasteiger partial charge in [0.25, 0.3) is 0 Å². The van der Waals surface area contributed by atoms with Crippen LogP contribution in [-0.4, -0.2) is 15.0 Å². The van der Waals surface area contributed by atoms with Crippen LogP contribution in [-0.2, 0) is 6.54 Å². The number of aromatic nitrogens is 3. The summed E-state index contributed by atoms with van der Waals surface area (Å²) in [5, 5.41) is 6.35. The number of nitrogens with two attached hydrogens (primary N) is 1. The summed E-state index contributed by atoms with van der Waals surface area (Å²) < 4.78 is 0. The van der Waals surface area contributed by atoms with E-state index in [1.807, 2.05) is 26.2 Å². The van der Waals surface area contributed by atoms with Gasteiger partial charge in [-0.05, 0) is 20.8 Å². The largest absolute Gasteiger partial charge is 0.364 e. The zero-order valence-electron chi connectivity index (χ0n) is 10.6. The highest BCUT2D eigenvalue weighted by Crippen LogP contribution is 2.19. The van der Waals surface area contributed by atoms with Gasteiger partial charge in [-0.25, -0.2) is 20.8 Å². The first-order valence-corrected chi connectivity index (χ1v) is 6.45. The number of nitrogens with zero attached hydrogens (tertiary/aromatic N) is 3. The average Bonchev–Trinajstić information content (AvgIpc) is 2.75. The fraction of sp³-hybridized carbons (Fsp3) is 0.364. The lowest BCUT2D eigenvalue weighted by Gasteiger charge is -2.11. The lowest BCUT2D eigenvalue weighted by atomic mass is 10.3. The summed E-state index contributed by atoms with van der Waals surface area (Å²) in [5.41, 5.74) is 4.48. The average molecular weight is 264 g/mol. The Balaban J connectivity index is 2.16. The van der Waals surface area contributed by atoms with Gasteiger partial charge in [0, 0.05) is 10.9 Å². The van der Waals surface area contributed by atoms with Crippen molar-refractivity contribution in [3.8, 4) is 0 Å². The van der Waals surface area contributed by atoms with Crippen molar-refractivity contribution in [1.82, 2.24) is 15.0 Å². The van der Waals surface area contributed by atoms with Crippen molar-refractivity contribution in [2.45, 2.75) is 27.3 Å². The second-order valence-electron chi connectivity index (χ2n) is 3.95. The van der Waals surface area contributed by atoms with E-state index in [1.54, 1.807) is 11.3 Å². The standard InChI is InChI=1S/C11H16N6S/c1-6-10(14-7(2)15-11(6)17-12)13-4-9-5-18-8(3)16-9/h5H,4,12H2,1-3H3,(H2,13,14,15,17). The van der Waals surface area contributed by atoms with E-state index in [9.17, 15) is 0 Å². The Morgan fingerprint density at radius 2 is 1.89 bits per heavy atom. The molecule has 0 aliphatic heterocycles. The van der Waals surface area contributed by atoms with E-state index in [0.29, 0.717) is 18.2 Å². The molecule has 2 heterocycles. The lowest BCUT2D eigenvalue weighted by Crippen LogP contribution is -2.14. The second kappa shape index (κ2) is 5.28. The van der Waals surface area contributed by atoms with E-state index in [4.69, 9.17) is 5.84 Å². The van der Waals surface area contributed by atoms with Crippen LogP contribution >= 0.6 is 11.3 Å². The molecular formula is C11H16N6S. The molecule has 0 aliphatic carbocycles. The molecule has 0 saturated heterocycles. The molecule has 4 N–H and O–H groups in total. The predicted molar refractivity (Wildman–Crippen MR) is 73.5 cm³/mol. The Hall–Kier alpha value is -1.73. The highest BCUT2D eigenvalue weighted by atomic mass is 32.1. The third-order valence-electron chi connectivity index (χ3n) is 2.50. The van der Waals surface area contributed by atoms with Crippen molar-refractivity contribution in [3.63, 3.8) is 0 Å². The molecule has 0 saturated carbocycles. The third kappa shape index (κ3) is 2.74. The van der Waals surface area contributed by atoms with Crippen molar-refractivity contribution in [2.24, 2.45) is 5.84 Å². The maximum absolute atomic E-state index is 5.42. The fourth-order valence-electron chi connectivity index (χ4n) is 1.60. The third-order valence-corrected chi connectivity index (χ3v) is 3.32. The Kier molecular flexibility index (Phi) is 3.73. The summed E-state index contributed by atoms with van der Waals surface area (Å²) in [6.45, 7) is 6.39. The van der Waals surface area contributed by atoms with E-state index in [-0.39, 0.29) is 0 Å². The number of anilines is 2. The molecule has 0 amide bonds. The minimum absolute atomic E-state index is 0.638. The van der Waals surface area contributed by atoms with E-state index in [2.05, 4.69) is 25.7 Å². The molecule has 0 aromatic carbocycles. The van der Waals surface area contributed by atoms with Crippen molar-refractivity contribution < 1.29 is 0 Å². The highest BCUT2D eigenvalue weighted by molar-refractivity contribution is 7.09. The van der Waals surface area contributed by atoms with Crippen LogP contribution in [0.25, 0.3) is 0 Å². The molecule has 2 rings (SSSR count).